The Hall–Kier alpha value is -9.25. The first-order valence-corrected chi connectivity index (χ1v) is 37.8. The van der Waals surface area contributed by atoms with Crippen molar-refractivity contribution in [3.63, 3.8) is 0 Å². The molecule has 40 heteroatoms. The fourth-order valence-electron chi connectivity index (χ4n) is 12.1. The third-order valence-electron chi connectivity index (χ3n) is 16.9. The lowest BCUT2D eigenvalue weighted by molar-refractivity contribution is -0.277. The van der Waals surface area contributed by atoms with Crippen molar-refractivity contribution in [2.75, 3.05) is 59.3 Å². The van der Waals surface area contributed by atoms with E-state index in [1.807, 2.05) is 13.8 Å². The first-order valence-electron chi connectivity index (χ1n) is 37.8. The Balaban J connectivity index is 1.73. The molecule has 3 fully saturated rings. The van der Waals surface area contributed by atoms with Gasteiger partial charge in [-0.25, -0.2) is 0 Å². The smallest absolute Gasteiger partial charge is 0.303 e. The molecule has 0 spiro atoms. The van der Waals surface area contributed by atoms with Gasteiger partial charge in [0.05, 0.1) is 0 Å². The highest BCUT2D eigenvalue weighted by molar-refractivity contribution is 5.92. The lowest BCUT2D eigenvalue weighted by Crippen LogP contribution is -2.66. The van der Waals surface area contributed by atoms with Crippen molar-refractivity contribution >= 4 is 101 Å². The Morgan fingerprint density at radius 2 is 0.611 bits per heavy atom. The third kappa shape index (κ3) is 39.4. The first kappa shape index (κ1) is 97.9. The van der Waals surface area contributed by atoms with Crippen LogP contribution in [0, 0.1) is 5.92 Å². The molecule has 3 heterocycles. The van der Waals surface area contributed by atoms with Crippen LogP contribution in [0.5, 0.6) is 0 Å². The molecule has 8 N–H and O–H groups in total. The Kier molecular flexibility index (Phi) is 45.2. The van der Waals surface area contributed by atoms with Crippen LogP contribution in [0.25, 0.3) is 0 Å². The summed E-state index contributed by atoms with van der Waals surface area (Å²) in [5.74, 6) is -10.9. The summed E-state index contributed by atoms with van der Waals surface area (Å²) in [5, 5.41) is 22.0. The highest BCUT2D eigenvalue weighted by Gasteiger charge is 2.54. The number of rotatable bonds is 49. The van der Waals surface area contributed by atoms with Crippen molar-refractivity contribution in [2.24, 2.45) is 5.92 Å². The zero-order chi connectivity index (χ0) is 84.4. The van der Waals surface area contributed by atoms with Crippen molar-refractivity contribution in [1.82, 2.24) is 42.5 Å². The third-order valence-corrected chi connectivity index (χ3v) is 16.9. The number of amides is 8. The summed E-state index contributed by atoms with van der Waals surface area (Å²) in [4.78, 5) is 214. The largest absolute Gasteiger partial charge is 0.463 e. The molecule has 640 valence electrons. The Morgan fingerprint density at radius 3 is 0.894 bits per heavy atom. The summed E-state index contributed by atoms with van der Waals surface area (Å²) in [5.41, 5.74) is 0. The minimum Gasteiger partial charge on any atom is -0.463 e. The standard InChI is InChI=1S/C73H116N8O32/c1-39(2)35-76-69(97)52(25-15-20-30-74-57(94)27-17-22-32-99-71-60(77-40(3)82)66(108-49(12)91)63(105-46(9)88)54(111-71)36-102-43(6)85)81-70(98)53(80-59(96)29-19-24-34-101-73-62(79-42(5)84)68(110-51(14)93)65(107-48(11)90)56(113-73)38-104-45(8)87)26-16-21-31-75-58(95)28-18-23-33-100-72-61(78-41(4)83)67(109-50(13)92)64(106-47(10)89)55(112-72)37-103-44(7)86/h39,52-56,60-68,71-73H,15-38H2,1-14H3,(H,74,94)(H,75,95)(H,76,97)(H,77,82)(H,78,83)(H,79,84)(H,80,96)(H,81,98). The van der Waals surface area contributed by atoms with Gasteiger partial charge in [0.15, 0.2) is 55.5 Å². The highest BCUT2D eigenvalue weighted by Crippen LogP contribution is 2.32. The van der Waals surface area contributed by atoms with Gasteiger partial charge < -0.3 is 114 Å². The van der Waals surface area contributed by atoms with Crippen LogP contribution in [0.15, 0.2) is 0 Å². The van der Waals surface area contributed by atoms with Crippen LogP contribution >= 0.6 is 0 Å². The molecule has 0 radical (unpaired) electrons. The predicted molar refractivity (Wildman–Crippen MR) is 387 cm³/mol. The molecule has 8 amide bonds. The van der Waals surface area contributed by atoms with E-state index < -0.39 is 213 Å². The van der Waals surface area contributed by atoms with Crippen LogP contribution in [0.1, 0.15) is 193 Å². The molecule has 17 atom stereocenters. The van der Waals surface area contributed by atoms with Gasteiger partial charge in [-0.05, 0) is 83.0 Å². The van der Waals surface area contributed by atoms with Crippen LogP contribution in [0.4, 0.5) is 0 Å². The van der Waals surface area contributed by atoms with Crippen molar-refractivity contribution in [3.8, 4) is 0 Å². The van der Waals surface area contributed by atoms with Gasteiger partial charge in [0.2, 0.25) is 47.3 Å². The first-order chi connectivity index (χ1) is 53.3. The second kappa shape index (κ2) is 52.2. The van der Waals surface area contributed by atoms with E-state index in [1.165, 1.54) is 20.8 Å². The van der Waals surface area contributed by atoms with E-state index >= 15 is 0 Å². The summed E-state index contributed by atoms with van der Waals surface area (Å²) in [6.45, 7) is 16.5. The number of unbranched alkanes of at least 4 members (excludes halogenated alkanes) is 5. The maximum Gasteiger partial charge on any atom is 0.303 e. The van der Waals surface area contributed by atoms with Gasteiger partial charge in [-0.3, -0.25) is 81.5 Å². The van der Waals surface area contributed by atoms with E-state index in [-0.39, 0.29) is 115 Å². The van der Waals surface area contributed by atoms with Gasteiger partial charge in [0.1, 0.15) is 68.3 Å². The molecule has 0 aromatic carbocycles. The van der Waals surface area contributed by atoms with Gasteiger partial charge in [0, 0.05) is 142 Å². The van der Waals surface area contributed by atoms with Gasteiger partial charge in [-0.15, -0.1) is 0 Å². The summed E-state index contributed by atoms with van der Waals surface area (Å²) in [7, 11) is 0. The SMILES string of the molecule is CC(=O)NC1C(OCCCCC(=O)NCCCCC(NC(=O)CCCCOC2OC(COC(C)=O)C(OC(C)=O)C(OC(C)=O)C2NC(C)=O)C(=O)NC(CCCCNC(=O)CCCCOC2OC(COC(C)=O)C(OC(C)=O)C(OC(C)=O)C2NC(C)=O)C(=O)NCC(C)C)OC(COC(C)=O)C(OC(C)=O)C1OC(C)=O. The van der Waals surface area contributed by atoms with E-state index in [4.69, 9.17) is 71.1 Å². The van der Waals surface area contributed by atoms with Gasteiger partial charge >= 0.3 is 53.7 Å². The Labute approximate surface area is 656 Å². The monoisotopic (exact) mass is 1620 g/mol. The molecule has 0 aliphatic carbocycles. The summed E-state index contributed by atoms with van der Waals surface area (Å²) in [6, 6.07) is -5.94. The van der Waals surface area contributed by atoms with E-state index in [0.717, 1.165) is 62.3 Å². The number of hydrogen-bond acceptors (Lipinski definition) is 32. The maximum absolute atomic E-state index is 14.4. The van der Waals surface area contributed by atoms with Crippen molar-refractivity contribution in [2.45, 2.75) is 297 Å². The summed E-state index contributed by atoms with van der Waals surface area (Å²) >= 11 is 0. The van der Waals surface area contributed by atoms with Crippen molar-refractivity contribution < 1.29 is 153 Å². The molecule has 3 saturated heterocycles. The summed E-state index contributed by atoms with van der Waals surface area (Å²) < 4.78 is 84.5. The zero-order valence-corrected chi connectivity index (χ0v) is 66.9. The molecular formula is C73H116N8O32. The summed E-state index contributed by atoms with van der Waals surface area (Å²) in [6.07, 6.45) is -12.7. The van der Waals surface area contributed by atoms with Crippen LogP contribution in [-0.4, -0.2) is 264 Å². The molecule has 3 aliphatic heterocycles. The second-order valence-corrected chi connectivity index (χ2v) is 27.7. The quantitative estimate of drug-likeness (QED) is 0.0223. The molecule has 17 unspecified atom stereocenters. The van der Waals surface area contributed by atoms with Crippen LogP contribution in [0.2, 0.25) is 0 Å². The minimum atomic E-state index is -1.38. The number of hydrogen-bond donors (Lipinski definition) is 8. The molecule has 0 bridgehead atoms. The molecule has 3 aliphatic rings. The lowest BCUT2D eigenvalue weighted by atomic mass is 9.96. The molecule has 40 nitrogen and oxygen atoms in total. The average molecular weight is 1620 g/mol. The van der Waals surface area contributed by atoms with Crippen molar-refractivity contribution in [3.05, 3.63) is 0 Å². The molecule has 0 saturated carbocycles. The number of carbonyl (C=O) groups is 17. The van der Waals surface area contributed by atoms with Crippen molar-refractivity contribution in [1.29, 1.82) is 0 Å². The molecular weight excluding hydrogens is 1500 g/mol. The molecule has 0 aromatic rings. The minimum absolute atomic E-state index is 0.0183. The van der Waals surface area contributed by atoms with E-state index in [2.05, 4.69) is 42.5 Å². The average Bonchev–Trinajstić information content (AvgIpc) is 0.799. The number of esters is 9. The lowest BCUT2D eigenvalue weighted by Gasteiger charge is -2.44. The number of carbonyl (C=O) groups excluding carboxylic acids is 17. The van der Waals surface area contributed by atoms with Gasteiger partial charge in [-0.1, -0.05) is 13.8 Å². The van der Waals surface area contributed by atoms with Crippen LogP contribution in [-0.2, 0) is 153 Å². The van der Waals surface area contributed by atoms with Gasteiger partial charge in [-0.2, -0.15) is 0 Å². The fourth-order valence-corrected chi connectivity index (χ4v) is 12.1. The second-order valence-electron chi connectivity index (χ2n) is 27.7. The normalized spacial score (nSPS) is 23.6. The Bertz CT molecular complexity index is 3180. The zero-order valence-electron chi connectivity index (χ0n) is 66.9. The highest BCUT2D eigenvalue weighted by atomic mass is 16.7. The van der Waals surface area contributed by atoms with Crippen LogP contribution in [0.3, 0.4) is 0 Å². The predicted octanol–water partition coefficient (Wildman–Crippen LogP) is -0.170. The van der Waals surface area contributed by atoms with E-state index in [1.54, 1.807) is 0 Å². The number of ether oxygens (including phenoxy) is 15. The number of nitrogens with one attached hydrogen (secondary N) is 8. The molecule has 113 heavy (non-hydrogen) atoms. The van der Waals surface area contributed by atoms with Crippen LogP contribution < -0.4 is 42.5 Å². The molecule has 0 aromatic heterocycles. The molecule has 3 rings (SSSR count). The Morgan fingerprint density at radius 1 is 0.319 bits per heavy atom. The maximum atomic E-state index is 14.4. The van der Waals surface area contributed by atoms with Gasteiger partial charge in [0.25, 0.3) is 0 Å². The van der Waals surface area contributed by atoms with E-state index in [9.17, 15) is 81.5 Å². The van der Waals surface area contributed by atoms with E-state index in [0.29, 0.717) is 38.5 Å². The fraction of sp³-hybridized carbons (Fsp3) is 0.767. The topological polar surface area (TPSA) is 525 Å².